The molecule has 0 aliphatic rings. The molecule has 4 aromatic rings. The van der Waals surface area contributed by atoms with Gasteiger partial charge < -0.3 is 15.5 Å². The fraction of sp³-hybridized carbons (Fsp3) is 0.0909. The molecule has 28 heavy (non-hydrogen) atoms. The van der Waals surface area contributed by atoms with E-state index in [2.05, 4.69) is 9.72 Å². The number of alkyl halides is 3. The van der Waals surface area contributed by atoms with Crippen molar-refractivity contribution in [3.05, 3.63) is 72.4 Å². The molecule has 4 rings (SSSR count). The van der Waals surface area contributed by atoms with Crippen LogP contribution in [0.15, 0.2) is 66.9 Å². The number of aromatic nitrogens is 1. The average Bonchev–Trinajstić information content (AvgIpc) is 3.12. The van der Waals surface area contributed by atoms with Gasteiger partial charge in [0, 0.05) is 23.0 Å². The molecule has 0 atom stereocenters. The molecule has 0 aliphatic heterocycles. The highest BCUT2D eigenvalue weighted by molar-refractivity contribution is 5.92. The van der Waals surface area contributed by atoms with Crippen molar-refractivity contribution in [2.45, 2.75) is 13.3 Å². The maximum atomic E-state index is 12.3. The summed E-state index contributed by atoms with van der Waals surface area (Å²) in [5, 5.41) is 1.12. The lowest BCUT2D eigenvalue weighted by Gasteiger charge is -2.13. The molecule has 0 unspecified atom stereocenters. The Balaban J connectivity index is 1.74. The zero-order chi connectivity index (χ0) is 19.9. The molecule has 3 aromatic carbocycles. The number of halogens is 3. The molecular formula is C22H17F3N2O. The second-order valence-electron chi connectivity index (χ2n) is 6.55. The molecule has 0 saturated heterocycles. The van der Waals surface area contributed by atoms with Gasteiger partial charge >= 0.3 is 6.36 Å². The maximum Gasteiger partial charge on any atom is 0.573 e. The van der Waals surface area contributed by atoms with Gasteiger partial charge in [0.1, 0.15) is 5.75 Å². The predicted molar refractivity (Wildman–Crippen MR) is 105 cm³/mol. The lowest BCUT2D eigenvalue weighted by atomic mass is 9.94. The van der Waals surface area contributed by atoms with Gasteiger partial charge in [-0.3, -0.25) is 0 Å². The van der Waals surface area contributed by atoms with E-state index in [9.17, 15) is 13.2 Å². The van der Waals surface area contributed by atoms with Gasteiger partial charge in [-0.15, -0.1) is 13.2 Å². The number of nitrogens with one attached hydrogen (secondary N) is 1. The molecule has 0 radical (unpaired) electrons. The number of hydrogen-bond donors (Lipinski definition) is 2. The van der Waals surface area contributed by atoms with Crippen molar-refractivity contribution in [2.75, 3.05) is 5.73 Å². The van der Waals surface area contributed by atoms with Crippen molar-refractivity contribution in [1.29, 1.82) is 0 Å². The topological polar surface area (TPSA) is 51.0 Å². The number of fused-ring (bicyclic) bond motifs is 1. The lowest BCUT2D eigenvalue weighted by Crippen LogP contribution is -2.16. The van der Waals surface area contributed by atoms with Crippen LogP contribution < -0.4 is 10.5 Å². The summed E-state index contributed by atoms with van der Waals surface area (Å²) >= 11 is 0. The third-order valence-corrected chi connectivity index (χ3v) is 4.75. The average molecular weight is 382 g/mol. The van der Waals surface area contributed by atoms with Crippen LogP contribution in [-0.4, -0.2) is 11.3 Å². The van der Waals surface area contributed by atoms with E-state index in [1.807, 2.05) is 49.5 Å². The van der Waals surface area contributed by atoms with E-state index in [1.54, 1.807) is 12.1 Å². The third-order valence-electron chi connectivity index (χ3n) is 4.75. The molecule has 3 N–H and O–H groups in total. The number of aromatic amines is 1. The molecule has 6 heteroatoms. The van der Waals surface area contributed by atoms with Crippen LogP contribution in [0.3, 0.4) is 0 Å². The molecule has 0 spiro atoms. The summed E-state index contributed by atoms with van der Waals surface area (Å²) in [6.45, 7) is 2.03. The van der Waals surface area contributed by atoms with Gasteiger partial charge in [-0.1, -0.05) is 30.3 Å². The van der Waals surface area contributed by atoms with Crippen LogP contribution in [0.25, 0.3) is 33.2 Å². The zero-order valence-electron chi connectivity index (χ0n) is 15.0. The number of rotatable bonds is 3. The minimum absolute atomic E-state index is 0.250. The monoisotopic (exact) mass is 382 g/mol. The van der Waals surface area contributed by atoms with Crippen LogP contribution in [0.1, 0.15) is 5.56 Å². The standard InChI is InChI=1S/C22H17F3N2O/c1-13-18(8-4-15-10-11-27-21(13)15)19-12-16(5-9-20(19)26)14-2-6-17(7-3-14)28-22(23,24)25/h2-12,27H,26H2,1H3. The summed E-state index contributed by atoms with van der Waals surface area (Å²) in [6.07, 6.45) is -2.81. The summed E-state index contributed by atoms with van der Waals surface area (Å²) in [7, 11) is 0. The summed E-state index contributed by atoms with van der Waals surface area (Å²) in [4.78, 5) is 3.24. The number of benzene rings is 3. The van der Waals surface area contributed by atoms with E-state index in [4.69, 9.17) is 5.73 Å². The van der Waals surface area contributed by atoms with Crippen molar-refractivity contribution in [1.82, 2.24) is 4.98 Å². The minimum atomic E-state index is -4.70. The fourth-order valence-electron chi connectivity index (χ4n) is 3.39. The van der Waals surface area contributed by atoms with E-state index in [-0.39, 0.29) is 5.75 Å². The second-order valence-corrected chi connectivity index (χ2v) is 6.55. The van der Waals surface area contributed by atoms with Gasteiger partial charge in [0.25, 0.3) is 0 Å². The molecule has 0 aliphatic carbocycles. The van der Waals surface area contributed by atoms with Crippen LogP contribution >= 0.6 is 0 Å². The first-order valence-corrected chi connectivity index (χ1v) is 8.64. The Bertz CT molecular complexity index is 1140. The van der Waals surface area contributed by atoms with Crippen LogP contribution in [0.2, 0.25) is 0 Å². The smallest absolute Gasteiger partial charge is 0.406 e. The first kappa shape index (κ1) is 18.0. The van der Waals surface area contributed by atoms with Gasteiger partial charge in [0.05, 0.1) is 0 Å². The SMILES string of the molecule is Cc1c(-c2cc(-c3ccc(OC(F)(F)F)cc3)ccc2N)ccc2cc[nH]c12. The molecule has 1 heterocycles. The fourth-order valence-corrected chi connectivity index (χ4v) is 3.39. The molecule has 0 amide bonds. The highest BCUT2D eigenvalue weighted by Gasteiger charge is 2.30. The van der Waals surface area contributed by atoms with Crippen LogP contribution in [-0.2, 0) is 0 Å². The number of anilines is 1. The Kier molecular flexibility index (Phi) is 4.26. The molecule has 0 fully saturated rings. The van der Waals surface area contributed by atoms with E-state index in [0.29, 0.717) is 5.69 Å². The van der Waals surface area contributed by atoms with Gasteiger partial charge in [0.15, 0.2) is 0 Å². The number of ether oxygens (including phenoxy) is 1. The second kappa shape index (κ2) is 6.64. The molecular weight excluding hydrogens is 365 g/mol. The summed E-state index contributed by atoms with van der Waals surface area (Å²) < 4.78 is 40.9. The highest BCUT2D eigenvalue weighted by Crippen LogP contribution is 2.36. The molecule has 142 valence electrons. The van der Waals surface area contributed by atoms with Crippen molar-refractivity contribution >= 4 is 16.6 Å². The first-order valence-electron chi connectivity index (χ1n) is 8.64. The summed E-state index contributed by atoms with van der Waals surface area (Å²) in [6, 6.07) is 17.5. The van der Waals surface area contributed by atoms with Gasteiger partial charge in [0.2, 0.25) is 0 Å². The molecule has 0 bridgehead atoms. The summed E-state index contributed by atoms with van der Waals surface area (Å²) in [5.74, 6) is -0.250. The van der Waals surface area contributed by atoms with E-state index in [1.165, 1.54) is 12.1 Å². The Morgan fingerprint density at radius 3 is 2.29 bits per heavy atom. The first-order chi connectivity index (χ1) is 13.3. The third kappa shape index (κ3) is 3.41. The Morgan fingerprint density at radius 1 is 0.857 bits per heavy atom. The van der Waals surface area contributed by atoms with Crippen molar-refractivity contribution in [3.63, 3.8) is 0 Å². The number of nitrogens with two attached hydrogens (primary N) is 1. The van der Waals surface area contributed by atoms with E-state index in [0.717, 1.165) is 38.7 Å². The zero-order valence-corrected chi connectivity index (χ0v) is 15.0. The Morgan fingerprint density at radius 2 is 1.57 bits per heavy atom. The lowest BCUT2D eigenvalue weighted by molar-refractivity contribution is -0.274. The van der Waals surface area contributed by atoms with E-state index >= 15 is 0 Å². The largest absolute Gasteiger partial charge is 0.573 e. The van der Waals surface area contributed by atoms with Crippen molar-refractivity contribution in [3.8, 4) is 28.0 Å². The van der Waals surface area contributed by atoms with Crippen molar-refractivity contribution in [2.24, 2.45) is 0 Å². The van der Waals surface area contributed by atoms with Crippen molar-refractivity contribution < 1.29 is 17.9 Å². The maximum absolute atomic E-state index is 12.3. The van der Waals surface area contributed by atoms with Gasteiger partial charge in [-0.25, -0.2) is 0 Å². The van der Waals surface area contributed by atoms with E-state index < -0.39 is 6.36 Å². The number of H-pyrrole nitrogens is 1. The summed E-state index contributed by atoms with van der Waals surface area (Å²) in [5.41, 5.74) is 12.5. The normalized spacial score (nSPS) is 11.7. The number of nitrogen functional groups attached to an aromatic ring is 1. The van der Waals surface area contributed by atoms with Crippen LogP contribution in [0.5, 0.6) is 5.75 Å². The van der Waals surface area contributed by atoms with Crippen LogP contribution in [0.4, 0.5) is 18.9 Å². The predicted octanol–water partition coefficient (Wildman–Crippen LogP) is 6.29. The Hall–Kier alpha value is -3.41. The Labute approximate surface area is 159 Å². The minimum Gasteiger partial charge on any atom is -0.406 e. The quantitative estimate of drug-likeness (QED) is 0.409. The molecule has 3 nitrogen and oxygen atoms in total. The molecule has 0 saturated carbocycles. The van der Waals surface area contributed by atoms with Crippen LogP contribution in [0, 0.1) is 6.92 Å². The highest BCUT2D eigenvalue weighted by atomic mass is 19.4. The molecule has 1 aromatic heterocycles. The van der Waals surface area contributed by atoms with Gasteiger partial charge in [-0.2, -0.15) is 0 Å². The number of hydrogen-bond acceptors (Lipinski definition) is 2. The number of aryl methyl sites for hydroxylation is 1. The van der Waals surface area contributed by atoms with Gasteiger partial charge in [-0.05, 0) is 64.9 Å².